The minimum Gasteiger partial charge on any atom is -0.507 e. The molecule has 6 heteroatoms. The van der Waals surface area contributed by atoms with Gasteiger partial charge in [-0.05, 0) is 65.3 Å². The molecule has 3 aromatic carbocycles. The van der Waals surface area contributed by atoms with E-state index in [2.05, 4.69) is 20.8 Å². The fraction of sp³-hybridized carbons (Fsp3) is 0.258. The van der Waals surface area contributed by atoms with Crippen molar-refractivity contribution >= 4 is 29.1 Å². The molecule has 0 saturated carbocycles. The van der Waals surface area contributed by atoms with Crippen LogP contribution in [-0.4, -0.2) is 27.9 Å². The lowest BCUT2D eigenvalue weighted by molar-refractivity contribution is -0.136. The second-order valence-corrected chi connectivity index (χ2v) is 10.6. The van der Waals surface area contributed by atoms with Gasteiger partial charge >= 0.3 is 5.97 Å². The van der Waals surface area contributed by atoms with Crippen LogP contribution in [0.2, 0.25) is 0 Å². The van der Waals surface area contributed by atoms with Gasteiger partial charge in [0.15, 0.2) is 0 Å². The number of Topliss-reactive ketones (excluding diaryl/α,β-unsaturated/α-hetero) is 1. The molecule has 1 fully saturated rings. The molecule has 0 aliphatic carbocycles. The Morgan fingerprint density at radius 3 is 2.03 bits per heavy atom. The van der Waals surface area contributed by atoms with Crippen LogP contribution in [0.15, 0.2) is 72.3 Å². The average Bonchev–Trinajstić information content (AvgIpc) is 3.10. The van der Waals surface area contributed by atoms with Gasteiger partial charge in [0.2, 0.25) is 0 Å². The molecule has 1 aliphatic heterocycles. The van der Waals surface area contributed by atoms with Crippen molar-refractivity contribution in [1.82, 2.24) is 0 Å². The van der Waals surface area contributed by atoms with Gasteiger partial charge in [0.1, 0.15) is 5.76 Å². The van der Waals surface area contributed by atoms with E-state index in [1.807, 2.05) is 44.2 Å². The zero-order valence-corrected chi connectivity index (χ0v) is 21.7. The van der Waals surface area contributed by atoms with E-state index in [-0.39, 0.29) is 23.2 Å². The predicted molar refractivity (Wildman–Crippen MR) is 144 cm³/mol. The third-order valence-corrected chi connectivity index (χ3v) is 6.89. The Hall–Kier alpha value is -4.19. The number of aryl methyl sites for hydroxylation is 2. The highest BCUT2D eigenvalue weighted by Crippen LogP contribution is 2.42. The molecule has 0 aromatic heterocycles. The van der Waals surface area contributed by atoms with Gasteiger partial charge in [-0.15, -0.1) is 0 Å². The number of anilines is 1. The molecule has 37 heavy (non-hydrogen) atoms. The van der Waals surface area contributed by atoms with E-state index in [0.717, 1.165) is 16.7 Å². The summed E-state index contributed by atoms with van der Waals surface area (Å²) in [4.78, 5) is 39.2. The van der Waals surface area contributed by atoms with E-state index in [0.29, 0.717) is 22.4 Å². The second-order valence-electron chi connectivity index (χ2n) is 10.6. The van der Waals surface area contributed by atoms with Gasteiger partial charge in [0, 0.05) is 11.3 Å². The first-order chi connectivity index (χ1) is 17.4. The smallest absolute Gasteiger partial charge is 0.307 e. The number of ketones is 1. The van der Waals surface area contributed by atoms with Gasteiger partial charge in [-0.1, -0.05) is 69.3 Å². The van der Waals surface area contributed by atoms with Gasteiger partial charge in [-0.3, -0.25) is 19.3 Å². The summed E-state index contributed by atoms with van der Waals surface area (Å²) in [6.45, 7) is 10.2. The highest BCUT2D eigenvalue weighted by Gasteiger charge is 2.47. The first-order valence-electron chi connectivity index (χ1n) is 12.2. The quantitative estimate of drug-likeness (QED) is 0.262. The molecule has 1 heterocycles. The number of aliphatic carboxylic acids is 1. The molecule has 1 saturated heterocycles. The molecule has 0 spiro atoms. The van der Waals surface area contributed by atoms with Crippen molar-refractivity contribution < 1.29 is 24.6 Å². The topological polar surface area (TPSA) is 94.9 Å². The number of rotatable bonds is 5. The van der Waals surface area contributed by atoms with Crippen molar-refractivity contribution in [2.75, 3.05) is 4.90 Å². The summed E-state index contributed by atoms with van der Waals surface area (Å²) >= 11 is 0. The fourth-order valence-electron chi connectivity index (χ4n) is 4.57. The number of carboxylic acid groups (broad SMARTS) is 1. The van der Waals surface area contributed by atoms with Gasteiger partial charge in [0.05, 0.1) is 18.0 Å². The molecule has 6 nitrogen and oxygen atoms in total. The molecule has 4 rings (SSSR count). The van der Waals surface area contributed by atoms with Gasteiger partial charge in [0.25, 0.3) is 11.7 Å². The molecule has 1 atom stereocenters. The standard InChI is InChI=1S/C31H31NO5/c1-18-6-9-22(16-19(18)2)28(35)26-27(21-10-12-23(13-11-21)31(3,4)5)32(30(37)29(26)36)24-14-7-20(8-15-24)17-25(33)34/h6-16,27,35H,17H2,1-5H3,(H,33,34)/b28-26-. The molecular weight excluding hydrogens is 466 g/mol. The summed E-state index contributed by atoms with van der Waals surface area (Å²) in [5, 5.41) is 20.5. The van der Waals surface area contributed by atoms with Crippen molar-refractivity contribution in [3.8, 4) is 0 Å². The lowest BCUT2D eigenvalue weighted by atomic mass is 9.85. The average molecular weight is 498 g/mol. The second kappa shape index (κ2) is 9.69. The summed E-state index contributed by atoms with van der Waals surface area (Å²) in [5.74, 6) is -2.70. The molecule has 0 radical (unpaired) electrons. The first-order valence-corrected chi connectivity index (χ1v) is 12.2. The Morgan fingerprint density at radius 2 is 1.49 bits per heavy atom. The third kappa shape index (κ3) is 5.05. The van der Waals surface area contributed by atoms with Crippen LogP contribution in [0.3, 0.4) is 0 Å². The molecule has 0 bridgehead atoms. The Balaban J connectivity index is 1.89. The zero-order chi connectivity index (χ0) is 27.1. The summed E-state index contributed by atoms with van der Waals surface area (Å²) in [7, 11) is 0. The SMILES string of the molecule is Cc1ccc(/C(O)=C2/C(=O)C(=O)N(c3ccc(CC(=O)O)cc3)C2c2ccc(C(C)(C)C)cc2)cc1C. The number of hydrogen-bond acceptors (Lipinski definition) is 4. The van der Waals surface area contributed by atoms with Crippen LogP contribution in [-0.2, 0) is 26.2 Å². The molecule has 2 N–H and O–H groups in total. The first kappa shape index (κ1) is 25.9. The lowest BCUT2D eigenvalue weighted by Gasteiger charge is -2.27. The molecule has 3 aromatic rings. The van der Waals surface area contributed by atoms with Gasteiger partial charge in [-0.2, -0.15) is 0 Å². The normalized spacial score (nSPS) is 17.3. The van der Waals surface area contributed by atoms with Crippen molar-refractivity contribution in [3.63, 3.8) is 0 Å². The van der Waals surface area contributed by atoms with E-state index >= 15 is 0 Å². The predicted octanol–water partition coefficient (Wildman–Crippen LogP) is 5.85. The minimum atomic E-state index is -0.958. The van der Waals surface area contributed by atoms with Gasteiger partial charge < -0.3 is 10.2 Å². The van der Waals surface area contributed by atoms with Crippen LogP contribution in [0.1, 0.15) is 60.2 Å². The van der Waals surface area contributed by atoms with E-state index in [1.165, 1.54) is 4.90 Å². The van der Waals surface area contributed by atoms with Crippen molar-refractivity contribution in [2.24, 2.45) is 0 Å². The maximum Gasteiger partial charge on any atom is 0.307 e. The molecular formula is C31H31NO5. The summed E-state index contributed by atoms with van der Waals surface area (Å²) in [6.07, 6.45) is -0.149. The van der Waals surface area contributed by atoms with Crippen molar-refractivity contribution in [2.45, 2.75) is 52.5 Å². The minimum absolute atomic E-state index is 0.0198. The number of aliphatic hydroxyl groups excluding tert-OH is 1. The fourth-order valence-corrected chi connectivity index (χ4v) is 4.57. The number of carbonyl (C=O) groups excluding carboxylic acids is 2. The maximum absolute atomic E-state index is 13.4. The van der Waals surface area contributed by atoms with Crippen LogP contribution < -0.4 is 4.90 Å². The lowest BCUT2D eigenvalue weighted by Crippen LogP contribution is -2.29. The number of amides is 1. The van der Waals surface area contributed by atoms with E-state index in [4.69, 9.17) is 5.11 Å². The molecule has 1 unspecified atom stereocenters. The van der Waals surface area contributed by atoms with E-state index in [1.54, 1.807) is 36.4 Å². The summed E-state index contributed by atoms with van der Waals surface area (Å²) in [5.41, 5.74) is 5.22. The number of nitrogens with zero attached hydrogens (tertiary/aromatic N) is 1. The Bertz CT molecular complexity index is 1410. The number of hydrogen-bond donors (Lipinski definition) is 2. The number of carboxylic acids is 1. The number of benzene rings is 3. The molecule has 1 amide bonds. The van der Waals surface area contributed by atoms with Crippen LogP contribution in [0.5, 0.6) is 0 Å². The van der Waals surface area contributed by atoms with Crippen LogP contribution in [0.4, 0.5) is 5.69 Å². The Labute approximate surface area is 216 Å². The largest absolute Gasteiger partial charge is 0.507 e. The van der Waals surface area contributed by atoms with Crippen molar-refractivity contribution in [3.05, 3.63) is 106 Å². The number of aliphatic hydroxyl groups is 1. The zero-order valence-electron chi connectivity index (χ0n) is 21.7. The maximum atomic E-state index is 13.4. The molecule has 190 valence electrons. The number of carbonyl (C=O) groups is 3. The summed E-state index contributed by atoms with van der Waals surface area (Å²) in [6, 6.07) is 18.8. The monoisotopic (exact) mass is 497 g/mol. The van der Waals surface area contributed by atoms with Crippen molar-refractivity contribution in [1.29, 1.82) is 0 Å². The van der Waals surface area contributed by atoms with Crippen LogP contribution in [0.25, 0.3) is 5.76 Å². The van der Waals surface area contributed by atoms with Crippen LogP contribution >= 0.6 is 0 Å². The Kier molecular flexibility index (Phi) is 6.78. The molecule has 1 aliphatic rings. The van der Waals surface area contributed by atoms with E-state index in [9.17, 15) is 19.5 Å². The third-order valence-electron chi connectivity index (χ3n) is 6.89. The van der Waals surface area contributed by atoms with E-state index < -0.39 is 23.7 Å². The van der Waals surface area contributed by atoms with Gasteiger partial charge in [-0.25, -0.2) is 0 Å². The Morgan fingerprint density at radius 1 is 0.865 bits per heavy atom. The van der Waals surface area contributed by atoms with Crippen LogP contribution in [0, 0.1) is 13.8 Å². The highest BCUT2D eigenvalue weighted by molar-refractivity contribution is 6.51. The summed E-state index contributed by atoms with van der Waals surface area (Å²) < 4.78 is 0. The highest BCUT2D eigenvalue weighted by atomic mass is 16.4.